The van der Waals surface area contributed by atoms with Gasteiger partial charge in [0.15, 0.2) is 11.6 Å². The zero-order valence-corrected chi connectivity index (χ0v) is 13.9. The summed E-state index contributed by atoms with van der Waals surface area (Å²) in [7, 11) is 1.68. The first kappa shape index (κ1) is 16.4. The number of furan rings is 1. The summed E-state index contributed by atoms with van der Waals surface area (Å²) in [5, 5.41) is 8.46. The van der Waals surface area contributed by atoms with Crippen LogP contribution in [0.4, 0.5) is 0 Å². The standard InChI is InChI=1S/C16H21N5O3/c1-3-13-17-15(24-20-13)6-4-5-14-18-16(12-7-9-23-11-12)19-21(14)8-10-22-2/h7,9,11H,3-6,8,10H2,1-2H3. The molecule has 0 aromatic carbocycles. The van der Waals surface area contributed by atoms with Crippen molar-refractivity contribution in [1.82, 2.24) is 24.9 Å². The fourth-order valence-electron chi connectivity index (χ4n) is 2.36. The van der Waals surface area contributed by atoms with Crippen LogP contribution in [0, 0.1) is 0 Å². The second-order valence-electron chi connectivity index (χ2n) is 5.39. The molecule has 8 nitrogen and oxygen atoms in total. The van der Waals surface area contributed by atoms with E-state index < -0.39 is 0 Å². The Hall–Kier alpha value is -2.48. The summed E-state index contributed by atoms with van der Waals surface area (Å²) in [5.41, 5.74) is 0.872. The van der Waals surface area contributed by atoms with Crippen LogP contribution in [-0.2, 0) is 30.5 Å². The predicted molar refractivity (Wildman–Crippen MR) is 85.3 cm³/mol. The lowest BCUT2D eigenvalue weighted by atomic mass is 10.2. The van der Waals surface area contributed by atoms with Crippen molar-refractivity contribution in [3.05, 3.63) is 36.1 Å². The Bertz CT molecular complexity index is 748. The van der Waals surface area contributed by atoms with Crippen molar-refractivity contribution in [2.75, 3.05) is 13.7 Å². The van der Waals surface area contributed by atoms with E-state index in [0.29, 0.717) is 24.9 Å². The van der Waals surface area contributed by atoms with E-state index in [4.69, 9.17) is 13.7 Å². The van der Waals surface area contributed by atoms with Crippen LogP contribution in [0.25, 0.3) is 11.4 Å². The summed E-state index contributed by atoms with van der Waals surface area (Å²) in [6, 6.07) is 1.85. The Morgan fingerprint density at radius 1 is 1.25 bits per heavy atom. The third kappa shape index (κ3) is 3.88. The lowest BCUT2D eigenvalue weighted by molar-refractivity contribution is 0.182. The van der Waals surface area contributed by atoms with Gasteiger partial charge in [-0.3, -0.25) is 0 Å². The molecule has 0 saturated carbocycles. The number of aromatic nitrogens is 5. The second kappa shape index (κ2) is 7.87. The molecule has 3 rings (SSSR count). The van der Waals surface area contributed by atoms with E-state index in [1.54, 1.807) is 19.6 Å². The van der Waals surface area contributed by atoms with Crippen molar-refractivity contribution in [1.29, 1.82) is 0 Å². The summed E-state index contributed by atoms with van der Waals surface area (Å²) in [6.45, 7) is 3.26. The highest BCUT2D eigenvalue weighted by Gasteiger charge is 2.13. The smallest absolute Gasteiger partial charge is 0.226 e. The summed E-state index contributed by atoms with van der Waals surface area (Å²) >= 11 is 0. The third-order valence-corrected chi connectivity index (χ3v) is 3.65. The molecule has 0 radical (unpaired) electrons. The van der Waals surface area contributed by atoms with E-state index in [0.717, 1.165) is 42.9 Å². The van der Waals surface area contributed by atoms with Crippen LogP contribution >= 0.6 is 0 Å². The van der Waals surface area contributed by atoms with Gasteiger partial charge in [-0.2, -0.15) is 10.1 Å². The Kier molecular flexibility index (Phi) is 5.37. The van der Waals surface area contributed by atoms with Gasteiger partial charge in [-0.05, 0) is 12.5 Å². The van der Waals surface area contributed by atoms with Crippen LogP contribution < -0.4 is 0 Å². The summed E-state index contributed by atoms with van der Waals surface area (Å²) < 4.78 is 17.4. The Labute approximate surface area is 139 Å². The highest BCUT2D eigenvalue weighted by atomic mass is 16.5. The third-order valence-electron chi connectivity index (χ3n) is 3.65. The maximum Gasteiger partial charge on any atom is 0.226 e. The second-order valence-corrected chi connectivity index (χ2v) is 5.39. The van der Waals surface area contributed by atoms with Crippen molar-refractivity contribution in [2.45, 2.75) is 39.2 Å². The van der Waals surface area contributed by atoms with Gasteiger partial charge in [0.05, 0.1) is 25.0 Å². The number of hydrogen-bond donors (Lipinski definition) is 0. The van der Waals surface area contributed by atoms with Gasteiger partial charge in [-0.1, -0.05) is 12.1 Å². The van der Waals surface area contributed by atoms with Gasteiger partial charge in [0, 0.05) is 26.4 Å². The highest BCUT2D eigenvalue weighted by Crippen LogP contribution is 2.17. The van der Waals surface area contributed by atoms with Crippen LogP contribution in [0.3, 0.4) is 0 Å². The first-order valence-electron chi connectivity index (χ1n) is 8.06. The summed E-state index contributed by atoms with van der Waals surface area (Å²) in [4.78, 5) is 8.95. The molecule has 0 N–H and O–H groups in total. The summed E-state index contributed by atoms with van der Waals surface area (Å²) in [5.74, 6) is 3.00. The minimum Gasteiger partial charge on any atom is -0.472 e. The van der Waals surface area contributed by atoms with Gasteiger partial charge in [-0.15, -0.1) is 0 Å². The van der Waals surface area contributed by atoms with Gasteiger partial charge in [0.2, 0.25) is 5.89 Å². The molecular weight excluding hydrogens is 310 g/mol. The van der Waals surface area contributed by atoms with Crippen LogP contribution in [0.2, 0.25) is 0 Å². The molecule has 3 heterocycles. The zero-order chi connectivity index (χ0) is 16.8. The lowest BCUT2D eigenvalue weighted by Gasteiger charge is -2.04. The highest BCUT2D eigenvalue weighted by molar-refractivity contribution is 5.51. The molecule has 0 unspecified atom stereocenters. The SMILES string of the molecule is CCc1noc(CCCc2nc(-c3ccoc3)nn2CCOC)n1. The van der Waals surface area contributed by atoms with Gasteiger partial charge in [-0.25, -0.2) is 9.67 Å². The molecule has 0 amide bonds. The molecule has 0 bridgehead atoms. The molecule has 128 valence electrons. The van der Waals surface area contributed by atoms with E-state index in [1.807, 2.05) is 17.7 Å². The van der Waals surface area contributed by atoms with E-state index in [1.165, 1.54) is 0 Å². The van der Waals surface area contributed by atoms with Crippen LogP contribution in [0.1, 0.15) is 30.9 Å². The number of nitrogens with zero attached hydrogens (tertiary/aromatic N) is 5. The molecule has 24 heavy (non-hydrogen) atoms. The molecule has 0 saturated heterocycles. The monoisotopic (exact) mass is 331 g/mol. The number of rotatable bonds is 9. The average Bonchev–Trinajstić information content (AvgIpc) is 3.33. The number of aryl methyl sites for hydroxylation is 3. The molecular formula is C16H21N5O3. The Morgan fingerprint density at radius 2 is 2.17 bits per heavy atom. The zero-order valence-electron chi connectivity index (χ0n) is 13.9. The molecule has 3 aromatic rings. The maximum absolute atomic E-state index is 5.22. The first-order valence-corrected chi connectivity index (χ1v) is 8.06. The molecule has 0 fully saturated rings. The molecule has 0 aliphatic heterocycles. The lowest BCUT2D eigenvalue weighted by Crippen LogP contribution is -2.10. The molecule has 0 spiro atoms. The number of hydrogen-bond acceptors (Lipinski definition) is 7. The van der Waals surface area contributed by atoms with Crippen molar-refractivity contribution in [3.8, 4) is 11.4 Å². The molecule has 3 aromatic heterocycles. The van der Waals surface area contributed by atoms with E-state index in [-0.39, 0.29) is 0 Å². The van der Waals surface area contributed by atoms with Gasteiger partial charge in [0.1, 0.15) is 12.1 Å². The van der Waals surface area contributed by atoms with Crippen molar-refractivity contribution in [2.24, 2.45) is 0 Å². The van der Waals surface area contributed by atoms with Crippen molar-refractivity contribution in [3.63, 3.8) is 0 Å². The van der Waals surface area contributed by atoms with Gasteiger partial charge < -0.3 is 13.7 Å². The normalized spacial score (nSPS) is 11.2. The summed E-state index contributed by atoms with van der Waals surface area (Å²) in [6.07, 6.45) is 6.41. The van der Waals surface area contributed by atoms with Crippen LogP contribution in [0.15, 0.2) is 27.5 Å². The topological polar surface area (TPSA) is 92.0 Å². The van der Waals surface area contributed by atoms with Crippen LogP contribution in [-0.4, -0.2) is 38.6 Å². The van der Waals surface area contributed by atoms with E-state index in [2.05, 4.69) is 20.2 Å². The number of ether oxygens (including phenoxy) is 1. The van der Waals surface area contributed by atoms with Crippen LogP contribution in [0.5, 0.6) is 0 Å². The Balaban J connectivity index is 1.66. The predicted octanol–water partition coefficient (Wildman–Crippen LogP) is 2.31. The van der Waals surface area contributed by atoms with E-state index in [9.17, 15) is 0 Å². The van der Waals surface area contributed by atoms with Crippen molar-refractivity contribution < 1.29 is 13.7 Å². The largest absolute Gasteiger partial charge is 0.472 e. The number of methoxy groups -OCH3 is 1. The fraction of sp³-hybridized carbons (Fsp3) is 0.500. The minimum atomic E-state index is 0.588. The van der Waals surface area contributed by atoms with Gasteiger partial charge in [0.25, 0.3) is 0 Å². The Morgan fingerprint density at radius 3 is 2.88 bits per heavy atom. The van der Waals surface area contributed by atoms with Gasteiger partial charge >= 0.3 is 0 Å². The maximum atomic E-state index is 5.22. The minimum absolute atomic E-state index is 0.588. The molecule has 0 atom stereocenters. The quantitative estimate of drug-likeness (QED) is 0.594. The van der Waals surface area contributed by atoms with E-state index >= 15 is 0 Å². The first-order chi connectivity index (χ1) is 11.8. The fourth-order valence-corrected chi connectivity index (χ4v) is 2.36. The molecule has 0 aliphatic rings. The molecule has 8 heteroatoms. The average molecular weight is 331 g/mol. The van der Waals surface area contributed by atoms with Crippen molar-refractivity contribution >= 4 is 0 Å². The molecule has 0 aliphatic carbocycles.